The minimum absolute atomic E-state index is 0.0649. The number of nitrogens with zero attached hydrogens (tertiary/aromatic N) is 2. The molecule has 13 heteroatoms. The lowest BCUT2D eigenvalue weighted by Gasteiger charge is -2.49. The second-order valence-corrected chi connectivity index (χ2v) is 8.19. The van der Waals surface area contributed by atoms with Crippen molar-refractivity contribution in [2.24, 2.45) is 10.9 Å². The monoisotopic (exact) mass is 417 g/mol. The van der Waals surface area contributed by atoms with E-state index in [0.29, 0.717) is 5.75 Å². The number of aliphatic hydroxyl groups is 1. The van der Waals surface area contributed by atoms with Gasteiger partial charge in [-0.25, -0.2) is 4.79 Å². The predicted octanol–water partition coefficient (Wildman–Crippen LogP) is -2.33. The fraction of sp³-hybridized carbons (Fsp3) is 0.571. The average molecular weight is 417 g/mol. The number of amides is 2. The Morgan fingerprint density at radius 1 is 1.48 bits per heavy atom. The van der Waals surface area contributed by atoms with E-state index < -0.39 is 41.8 Å². The van der Waals surface area contributed by atoms with E-state index in [1.807, 2.05) is 0 Å². The lowest BCUT2D eigenvalue weighted by atomic mass is 10.0. The summed E-state index contributed by atoms with van der Waals surface area (Å²) in [4.78, 5) is 42.4. The van der Waals surface area contributed by atoms with Crippen LogP contribution in [0.5, 0.6) is 0 Å². The van der Waals surface area contributed by atoms with Crippen LogP contribution in [0.25, 0.3) is 0 Å². The smallest absolute Gasteiger partial charge is 0.352 e. The molecule has 148 valence electrons. The van der Waals surface area contributed by atoms with Gasteiger partial charge in [0.15, 0.2) is 5.71 Å². The van der Waals surface area contributed by atoms with Gasteiger partial charge < -0.3 is 26.1 Å². The second-order valence-electron chi connectivity index (χ2n) is 5.91. The third kappa shape index (κ3) is 3.65. The number of oxime groups is 1. The molecule has 2 fully saturated rings. The Labute approximate surface area is 162 Å². The van der Waals surface area contributed by atoms with E-state index in [1.54, 1.807) is 0 Å². The number of fused-ring (bicyclic) bond motifs is 1. The quantitative estimate of drug-likeness (QED) is 0.180. The molecule has 3 heterocycles. The molecule has 2 amide bonds. The summed E-state index contributed by atoms with van der Waals surface area (Å²) in [5.41, 5.74) is 5.54. The van der Waals surface area contributed by atoms with Gasteiger partial charge in [-0.3, -0.25) is 19.8 Å². The third-order valence-corrected chi connectivity index (χ3v) is 6.65. The lowest BCUT2D eigenvalue weighted by Crippen LogP contribution is -2.71. The van der Waals surface area contributed by atoms with E-state index >= 15 is 0 Å². The Hall–Kier alpha value is -1.80. The molecule has 0 aromatic heterocycles. The molecule has 6 N–H and O–H groups in total. The number of aliphatic hydroxyl groups excluding tert-OH is 1. The van der Waals surface area contributed by atoms with Crippen molar-refractivity contribution >= 4 is 47.0 Å². The van der Waals surface area contributed by atoms with Gasteiger partial charge in [-0.15, -0.1) is 23.5 Å². The molecule has 3 aliphatic rings. The summed E-state index contributed by atoms with van der Waals surface area (Å²) < 4.78 is 0. The molecule has 0 radical (unpaired) electrons. The minimum Gasteiger partial charge on any atom is -0.477 e. The van der Waals surface area contributed by atoms with Crippen LogP contribution in [-0.2, 0) is 19.2 Å². The van der Waals surface area contributed by atoms with Crippen LogP contribution in [0.2, 0.25) is 0 Å². The molecule has 0 aromatic rings. The molecule has 0 aromatic carbocycles. The normalized spacial score (nSPS) is 30.7. The van der Waals surface area contributed by atoms with Crippen LogP contribution in [-0.4, -0.2) is 86.8 Å². The number of carbonyl (C=O) groups is 3. The molecule has 0 saturated carbocycles. The highest BCUT2D eigenvalue weighted by Gasteiger charge is 2.54. The first-order chi connectivity index (χ1) is 12.9. The molecule has 2 unspecified atom stereocenters. The predicted molar refractivity (Wildman–Crippen MR) is 98.6 cm³/mol. The van der Waals surface area contributed by atoms with Gasteiger partial charge >= 0.3 is 5.97 Å². The van der Waals surface area contributed by atoms with Gasteiger partial charge in [-0.2, -0.15) is 0 Å². The van der Waals surface area contributed by atoms with Gasteiger partial charge in [0.2, 0.25) is 0 Å². The number of carbonyl (C=O) groups excluding carboxylic acids is 2. The number of hydrogen-bond donors (Lipinski definition) is 5. The summed E-state index contributed by atoms with van der Waals surface area (Å²) in [6, 6.07) is -1.31. The maximum atomic E-state index is 12.6. The number of carboxylic acids is 1. The summed E-state index contributed by atoms with van der Waals surface area (Å²) in [6.45, 7) is -0.446. The van der Waals surface area contributed by atoms with E-state index in [0.717, 1.165) is 4.90 Å². The maximum absolute atomic E-state index is 12.6. The molecule has 0 spiro atoms. The number of nitrogens with two attached hydrogens (primary N) is 1. The van der Waals surface area contributed by atoms with Gasteiger partial charge in [-0.05, 0) is 5.57 Å². The zero-order valence-electron chi connectivity index (χ0n) is 14.2. The Morgan fingerprint density at radius 3 is 2.78 bits per heavy atom. The molecule has 11 nitrogen and oxygen atoms in total. The lowest BCUT2D eigenvalue weighted by molar-refractivity contribution is -0.150. The number of β-lactam (4-membered cyclic amide) rings is 1. The summed E-state index contributed by atoms with van der Waals surface area (Å²) in [5.74, 6) is -1.65. The van der Waals surface area contributed by atoms with Crippen LogP contribution >= 0.6 is 23.5 Å². The van der Waals surface area contributed by atoms with Crippen LogP contribution in [0.3, 0.4) is 0 Å². The van der Waals surface area contributed by atoms with Gasteiger partial charge in [0, 0.05) is 11.5 Å². The summed E-state index contributed by atoms with van der Waals surface area (Å²) in [7, 11) is 1.31. The highest BCUT2D eigenvalue weighted by atomic mass is 32.2. The SMILES string of the molecule is CO/N=C(\C(=O)N[C@@H]1C(=O)N2C(C(=O)O)=C(CO)CS[C@H]12)C1CSC(N)N1. The molecule has 3 rings (SSSR count). The molecular formula is C14H19N5O6S2. The summed E-state index contributed by atoms with van der Waals surface area (Å²) >= 11 is 2.69. The van der Waals surface area contributed by atoms with E-state index in [9.17, 15) is 24.6 Å². The third-order valence-electron chi connectivity index (χ3n) is 4.29. The van der Waals surface area contributed by atoms with Crippen molar-refractivity contribution in [1.82, 2.24) is 15.5 Å². The Kier molecular flexibility index (Phi) is 5.95. The fourth-order valence-electron chi connectivity index (χ4n) is 3.03. The maximum Gasteiger partial charge on any atom is 0.352 e. The first-order valence-electron chi connectivity index (χ1n) is 7.95. The Bertz CT molecular complexity index is 729. The van der Waals surface area contributed by atoms with Crippen molar-refractivity contribution in [3.8, 4) is 0 Å². The topological polar surface area (TPSA) is 167 Å². The number of rotatable bonds is 6. The number of carboxylic acid groups (broad SMARTS) is 1. The molecular weight excluding hydrogens is 398 g/mol. The van der Waals surface area contributed by atoms with Gasteiger partial charge in [-0.1, -0.05) is 5.16 Å². The first kappa shape index (κ1) is 19.9. The van der Waals surface area contributed by atoms with E-state index in [2.05, 4.69) is 15.8 Å². The highest BCUT2D eigenvalue weighted by molar-refractivity contribution is 8.00. The molecule has 27 heavy (non-hydrogen) atoms. The summed E-state index contributed by atoms with van der Waals surface area (Å²) in [5, 5.41) is 27.5. The van der Waals surface area contributed by atoms with Crippen molar-refractivity contribution in [3.05, 3.63) is 11.3 Å². The van der Waals surface area contributed by atoms with Crippen LogP contribution in [0, 0.1) is 0 Å². The van der Waals surface area contributed by atoms with E-state index in [-0.39, 0.29) is 28.2 Å². The Balaban J connectivity index is 1.73. The van der Waals surface area contributed by atoms with Crippen LogP contribution < -0.4 is 16.4 Å². The van der Waals surface area contributed by atoms with E-state index in [1.165, 1.54) is 30.6 Å². The standard InChI is InChI=1S/C14H19N5O6S2/c1-25-18-7(6-4-27-14(15)16-6)10(21)17-8-11(22)19-9(13(23)24)5(2-20)3-26-12(8)19/h6,8,12,14,16,20H,2-4,15H2,1H3,(H,17,21)(H,23,24)/b18-7-/t6?,8-,12-,14?/m1/s1. The fourth-order valence-corrected chi connectivity index (χ4v) is 5.28. The highest BCUT2D eigenvalue weighted by Crippen LogP contribution is 2.40. The van der Waals surface area contributed by atoms with E-state index in [4.69, 9.17) is 10.6 Å². The number of thioether (sulfide) groups is 2. The zero-order chi connectivity index (χ0) is 19.7. The van der Waals surface area contributed by atoms with Crippen molar-refractivity contribution in [1.29, 1.82) is 0 Å². The van der Waals surface area contributed by atoms with Crippen molar-refractivity contribution in [2.75, 3.05) is 25.2 Å². The Morgan fingerprint density at radius 2 is 2.22 bits per heavy atom. The second kappa shape index (κ2) is 8.06. The molecule has 2 saturated heterocycles. The van der Waals surface area contributed by atoms with Crippen LogP contribution in [0.4, 0.5) is 0 Å². The largest absolute Gasteiger partial charge is 0.477 e. The number of aliphatic carboxylic acids is 1. The first-order valence-corrected chi connectivity index (χ1v) is 10.0. The molecule has 4 atom stereocenters. The van der Waals surface area contributed by atoms with Crippen LogP contribution in [0.1, 0.15) is 0 Å². The average Bonchev–Trinajstić information content (AvgIpc) is 3.08. The van der Waals surface area contributed by atoms with Gasteiger partial charge in [0.1, 0.15) is 29.7 Å². The van der Waals surface area contributed by atoms with Crippen molar-refractivity contribution in [3.63, 3.8) is 0 Å². The summed E-state index contributed by atoms with van der Waals surface area (Å²) in [6.07, 6.45) is 0. The van der Waals surface area contributed by atoms with Crippen molar-refractivity contribution in [2.45, 2.75) is 23.0 Å². The van der Waals surface area contributed by atoms with Crippen molar-refractivity contribution < 1.29 is 29.4 Å². The molecule has 0 bridgehead atoms. The molecule has 3 aliphatic heterocycles. The minimum atomic E-state index is -1.29. The number of hydrogen-bond acceptors (Lipinski definition) is 10. The molecule has 0 aliphatic carbocycles. The number of nitrogens with one attached hydrogen (secondary N) is 2. The zero-order valence-corrected chi connectivity index (χ0v) is 15.9. The van der Waals surface area contributed by atoms with Crippen LogP contribution in [0.15, 0.2) is 16.4 Å². The van der Waals surface area contributed by atoms with Gasteiger partial charge in [0.25, 0.3) is 11.8 Å². The van der Waals surface area contributed by atoms with Gasteiger partial charge in [0.05, 0.1) is 12.6 Å².